The second-order valence-corrected chi connectivity index (χ2v) is 6.17. The van der Waals surface area contributed by atoms with E-state index in [4.69, 9.17) is 5.73 Å². The first kappa shape index (κ1) is 15.7. The molecule has 1 aliphatic rings. The van der Waals surface area contributed by atoms with E-state index in [1.54, 1.807) is 12.1 Å². The molecule has 0 heterocycles. The fourth-order valence-corrected chi connectivity index (χ4v) is 3.01. The van der Waals surface area contributed by atoms with Gasteiger partial charge in [0.1, 0.15) is 5.82 Å². The first-order valence-electron chi connectivity index (χ1n) is 7.95. The van der Waals surface area contributed by atoms with E-state index in [-0.39, 0.29) is 11.9 Å². The second-order valence-electron chi connectivity index (χ2n) is 6.17. The number of amides is 1. The summed E-state index contributed by atoms with van der Waals surface area (Å²) in [5, 5.41) is 0. The Labute approximate surface area is 135 Å². The highest BCUT2D eigenvalue weighted by atomic mass is 19.1. The zero-order chi connectivity index (χ0) is 16.4. The van der Waals surface area contributed by atoms with Crippen molar-refractivity contribution in [3.8, 4) is 0 Å². The molecule has 4 heteroatoms. The molecule has 0 aliphatic heterocycles. The zero-order valence-electron chi connectivity index (χ0n) is 13.2. The van der Waals surface area contributed by atoms with E-state index >= 15 is 0 Å². The van der Waals surface area contributed by atoms with Crippen molar-refractivity contribution in [2.24, 2.45) is 5.73 Å². The second kappa shape index (κ2) is 6.50. The van der Waals surface area contributed by atoms with Gasteiger partial charge in [-0.15, -0.1) is 0 Å². The molecular formula is C19H21FN2O. The minimum absolute atomic E-state index is 0.0130. The smallest absolute Gasteiger partial charge is 0.248 e. The van der Waals surface area contributed by atoms with Gasteiger partial charge in [0.15, 0.2) is 0 Å². The van der Waals surface area contributed by atoms with Crippen LogP contribution in [0.15, 0.2) is 48.5 Å². The largest absolute Gasteiger partial charge is 0.366 e. The maximum Gasteiger partial charge on any atom is 0.248 e. The molecule has 2 N–H and O–H groups in total. The van der Waals surface area contributed by atoms with Crippen LogP contribution in [-0.4, -0.2) is 16.8 Å². The summed E-state index contributed by atoms with van der Waals surface area (Å²) in [6.07, 6.45) is 2.27. The molecule has 1 saturated carbocycles. The summed E-state index contributed by atoms with van der Waals surface area (Å²) >= 11 is 0. The van der Waals surface area contributed by atoms with Crippen molar-refractivity contribution in [3.63, 3.8) is 0 Å². The molecule has 1 fully saturated rings. The number of hydrogen-bond donors (Lipinski definition) is 1. The van der Waals surface area contributed by atoms with Crippen LogP contribution in [0.2, 0.25) is 0 Å². The summed E-state index contributed by atoms with van der Waals surface area (Å²) in [6, 6.07) is 14.8. The summed E-state index contributed by atoms with van der Waals surface area (Å²) in [6.45, 7) is 2.72. The zero-order valence-corrected chi connectivity index (χ0v) is 13.2. The molecule has 0 radical (unpaired) electrons. The van der Waals surface area contributed by atoms with Crippen LogP contribution in [0.5, 0.6) is 0 Å². The maximum absolute atomic E-state index is 14.1. The molecule has 0 spiro atoms. The number of primary amides is 1. The van der Waals surface area contributed by atoms with Crippen LogP contribution in [0.1, 0.15) is 47.3 Å². The Balaban J connectivity index is 1.84. The number of hydrogen-bond acceptors (Lipinski definition) is 2. The molecule has 3 nitrogen and oxygen atoms in total. The van der Waals surface area contributed by atoms with Gasteiger partial charge in [-0.2, -0.15) is 0 Å². The number of rotatable bonds is 6. The van der Waals surface area contributed by atoms with Crippen molar-refractivity contribution >= 4 is 5.91 Å². The van der Waals surface area contributed by atoms with Crippen LogP contribution < -0.4 is 5.73 Å². The van der Waals surface area contributed by atoms with Gasteiger partial charge in [-0.3, -0.25) is 9.69 Å². The van der Waals surface area contributed by atoms with Crippen LogP contribution in [0, 0.1) is 5.82 Å². The highest BCUT2D eigenvalue weighted by Gasteiger charge is 2.33. The van der Waals surface area contributed by atoms with Gasteiger partial charge in [0.2, 0.25) is 5.91 Å². The monoisotopic (exact) mass is 312 g/mol. The summed E-state index contributed by atoms with van der Waals surface area (Å²) < 4.78 is 14.1. The Morgan fingerprint density at radius 2 is 2.00 bits per heavy atom. The summed E-state index contributed by atoms with van der Waals surface area (Å²) in [5.74, 6) is -0.594. The molecule has 2 aromatic carbocycles. The molecule has 1 amide bonds. The normalized spacial score (nSPS) is 15.6. The third kappa shape index (κ3) is 3.59. The van der Waals surface area contributed by atoms with E-state index in [1.165, 1.54) is 6.07 Å². The van der Waals surface area contributed by atoms with Crippen molar-refractivity contribution in [1.82, 2.24) is 4.90 Å². The first-order chi connectivity index (χ1) is 11.1. The molecule has 3 rings (SSSR count). The number of carbonyl (C=O) groups excluding carboxylic acids is 1. The Hall–Kier alpha value is -2.20. The van der Waals surface area contributed by atoms with Crippen LogP contribution in [0.3, 0.4) is 0 Å². The Morgan fingerprint density at radius 3 is 2.65 bits per heavy atom. The van der Waals surface area contributed by atoms with Gasteiger partial charge in [0, 0.05) is 29.8 Å². The molecule has 120 valence electrons. The van der Waals surface area contributed by atoms with Crippen molar-refractivity contribution < 1.29 is 9.18 Å². The minimum Gasteiger partial charge on any atom is -0.366 e. The van der Waals surface area contributed by atoms with Crippen molar-refractivity contribution in [2.45, 2.75) is 38.4 Å². The summed E-state index contributed by atoms with van der Waals surface area (Å²) in [4.78, 5) is 13.6. The van der Waals surface area contributed by atoms with E-state index in [0.29, 0.717) is 23.7 Å². The van der Waals surface area contributed by atoms with Crippen molar-refractivity contribution in [1.29, 1.82) is 0 Å². The standard InChI is InChI=1S/C19H21FN2O/c1-13(17-7-2-3-8-18(17)20)22(16-9-10-16)12-14-5-4-6-15(11-14)19(21)23/h2-8,11,13,16H,9-10,12H2,1H3,(H2,21,23)/t13-/m1/s1. The molecule has 2 aromatic rings. The van der Waals surface area contributed by atoms with Gasteiger partial charge < -0.3 is 5.73 Å². The number of nitrogens with two attached hydrogens (primary N) is 1. The van der Waals surface area contributed by atoms with Crippen LogP contribution in [0.25, 0.3) is 0 Å². The molecule has 0 bridgehead atoms. The average molecular weight is 312 g/mol. The van der Waals surface area contributed by atoms with E-state index in [9.17, 15) is 9.18 Å². The van der Waals surface area contributed by atoms with Gasteiger partial charge in [-0.1, -0.05) is 30.3 Å². The van der Waals surface area contributed by atoms with Gasteiger partial charge in [-0.25, -0.2) is 4.39 Å². The van der Waals surface area contributed by atoms with Crippen LogP contribution in [0.4, 0.5) is 4.39 Å². The molecule has 1 atom stereocenters. The quantitative estimate of drug-likeness (QED) is 0.885. The lowest BCUT2D eigenvalue weighted by Gasteiger charge is -2.30. The fraction of sp³-hybridized carbons (Fsp3) is 0.316. The molecule has 0 saturated heterocycles. The van der Waals surface area contributed by atoms with Crippen molar-refractivity contribution in [3.05, 3.63) is 71.0 Å². The first-order valence-corrected chi connectivity index (χ1v) is 7.95. The Bertz CT molecular complexity index is 712. The fourth-order valence-electron chi connectivity index (χ4n) is 3.01. The average Bonchev–Trinajstić information content (AvgIpc) is 3.37. The van der Waals surface area contributed by atoms with Crippen LogP contribution >= 0.6 is 0 Å². The summed E-state index contributed by atoms with van der Waals surface area (Å²) in [5.41, 5.74) is 7.60. The highest BCUT2D eigenvalue weighted by molar-refractivity contribution is 5.92. The van der Waals surface area contributed by atoms with E-state index < -0.39 is 5.91 Å². The molecule has 0 aromatic heterocycles. The third-order valence-electron chi connectivity index (χ3n) is 4.45. The van der Waals surface area contributed by atoms with Gasteiger partial charge in [0.05, 0.1) is 0 Å². The molecule has 23 heavy (non-hydrogen) atoms. The van der Waals surface area contributed by atoms with E-state index in [1.807, 2.05) is 37.3 Å². The number of benzene rings is 2. The third-order valence-corrected chi connectivity index (χ3v) is 4.45. The number of nitrogens with zero attached hydrogens (tertiary/aromatic N) is 1. The SMILES string of the molecule is C[C@H](c1ccccc1F)N(Cc1cccc(C(N)=O)c1)C1CC1. The Morgan fingerprint density at radius 1 is 1.26 bits per heavy atom. The highest BCUT2D eigenvalue weighted by Crippen LogP contribution is 2.36. The van der Waals surface area contributed by atoms with Gasteiger partial charge >= 0.3 is 0 Å². The Kier molecular flexibility index (Phi) is 4.44. The van der Waals surface area contributed by atoms with Gasteiger partial charge in [-0.05, 0) is 43.5 Å². The van der Waals surface area contributed by atoms with Gasteiger partial charge in [0.25, 0.3) is 0 Å². The number of carbonyl (C=O) groups is 1. The lowest BCUT2D eigenvalue weighted by molar-refractivity contribution is 0.1000. The van der Waals surface area contributed by atoms with E-state index in [0.717, 1.165) is 18.4 Å². The maximum atomic E-state index is 14.1. The summed E-state index contributed by atoms with van der Waals surface area (Å²) in [7, 11) is 0. The topological polar surface area (TPSA) is 46.3 Å². The predicted molar refractivity (Wildman–Crippen MR) is 88.3 cm³/mol. The molecular weight excluding hydrogens is 291 g/mol. The molecule has 1 aliphatic carbocycles. The predicted octanol–water partition coefficient (Wildman–Crippen LogP) is 3.65. The number of halogens is 1. The molecule has 0 unspecified atom stereocenters. The van der Waals surface area contributed by atoms with Crippen molar-refractivity contribution in [2.75, 3.05) is 0 Å². The van der Waals surface area contributed by atoms with Crippen LogP contribution in [-0.2, 0) is 6.54 Å². The lowest BCUT2D eigenvalue weighted by Crippen LogP contribution is -2.29. The minimum atomic E-state index is -0.424. The van der Waals surface area contributed by atoms with E-state index in [2.05, 4.69) is 4.90 Å². The lowest BCUT2D eigenvalue weighted by atomic mass is 10.0.